The molecule has 7 nitrogen and oxygen atoms in total. The Morgan fingerprint density at radius 3 is 1.79 bits per heavy atom. The predicted octanol–water partition coefficient (Wildman–Crippen LogP) is 5.08. The molecule has 3 aromatic carbocycles. The Morgan fingerprint density at radius 1 is 0.758 bits per heavy atom. The minimum atomic E-state index is -0.533. The van der Waals surface area contributed by atoms with Crippen LogP contribution in [0.3, 0.4) is 0 Å². The van der Waals surface area contributed by atoms with Gasteiger partial charge in [0.25, 0.3) is 5.69 Å². The summed E-state index contributed by atoms with van der Waals surface area (Å²) in [5.41, 5.74) is 2.54. The minimum absolute atomic E-state index is 0.0944. The average molecular weight is 441 g/mol. The predicted molar refractivity (Wildman–Crippen MR) is 125 cm³/mol. The van der Waals surface area contributed by atoms with E-state index in [1.165, 1.54) is 18.2 Å². The Bertz CT molecular complexity index is 1210. The number of amides is 2. The first-order chi connectivity index (χ1) is 16.0. The van der Waals surface area contributed by atoms with Gasteiger partial charge in [0, 0.05) is 23.6 Å². The number of carbonyl (C=O) groups excluding carboxylic acids is 2. The lowest BCUT2D eigenvalue weighted by Gasteiger charge is -2.10. The van der Waals surface area contributed by atoms with Crippen molar-refractivity contribution in [3.63, 3.8) is 0 Å². The number of anilines is 2. The Balaban J connectivity index is 1.26. The third kappa shape index (κ3) is 4.48. The molecule has 0 spiro atoms. The van der Waals surface area contributed by atoms with Crippen LogP contribution in [0.4, 0.5) is 17.1 Å². The highest BCUT2D eigenvalue weighted by molar-refractivity contribution is 5.99. The summed E-state index contributed by atoms with van der Waals surface area (Å²) in [6, 6.07) is 23.9. The smallest absolute Gasteiger partial charge is 0.292 e. The van der Waals surface area contributed by atoms with Gasteiger partial charge in [-0.1, -0.05) is 60.7 Å². The molecule has 0 heterocycles. The lowest BCUT2D eigenvalue weighted by molar-refractivity contribution is -0.383. The van der Waals surface area contributed by atoms with Crippen molar-refractivity contribution < 1.29 is 14.5 Å². The van der Waals surface area contributed by atoms with Crippen LogP contribution < -0.4 is 10.6 Å². The van der Waals surface area contributed by atoms with Gasteiger partial charge < -0.3 is 10.6 Å². The fourth-order valence-corrected chi connectivity index (χ4v) is 4.44. The zero-order valence-corrected chi connectivity index (χ0v) is 17.8. The Kier molecular flexibility index (Phi) is 5.38. The van der Waals surface area contributed by atoms with Gasteiger partial charge in [-0.2, -0.15) is 0 Å². The second kappa shape index (κ2) is 8.50. The molecule has 0 aromatic heterocycles. The van der Waals surface area contributed by atoms with Crippen LogP contribution in [-0.2, 0) is 9.59 Å². The second-order valence-electron chi connectivity index (χ2n) is 8.69. The molecule has 2 fully saturated rings. The summed E-state index contributed by atoms with van der Waals surface area (Å²) in [5.74, 6) is -0.406. The lowest BCUT2D eigenvalue weighted by atomic mass is 10.1. The van der Waals surface area contributed by atoms with Crippen molar-refractivity contribution in [2.45, 2.75) is 24.7 Å². The van der Waals surface area contributed by atoms with Crippen molar-refractivity contribution in [2.75, 3.05) is 10.6 Å². The standard InChI is InChI=1S/C26H23N3O4/c30-25(21-14-19(21)16-7-3-1-4-8-16)27-18-11-12-24(29(32)33)23(13-18)28-26(31)22-15-20(22)17-9-5-2-6-10-17/h1-13,19-22H,14-15H2,(H,27,30)(H,28,31)/t19-,20-,21-,22-/m1/s1. The normalized spacial score (nSPS) is 22.8. The van der Waals surface area contributed by atoms with Crippen LogP contribution in [0.2, 0.25) is 0 Å². The largest absolute Gasteiger partial charge is 0.326 e. The summed E-state index contributed by atoms with van der Waals surface area (Å²) >= 11 is 0. The van der Waals surface area contributed by atoms with Crippen LogP contribution >= 0.6 is 0 Å². The summed E-state index contributed by atoms with van der Waals surface area (Å²) in [4.78, 5) is 36.4. The van der Waals surface area contributed by atoms with Gasteiger partial charge in [-0.15, -0.1) is 0 Å². The van der Waals surface area contributed by atoms with Gasteiger partial charge in [-0.3, -0.25) is 19.7 Å². The molecule has 2 aliphatic carbocycles. The molecule has 0 radical (unpaired) electrons. The zero-order valence-electron chi connectivity index (χ0n) is 17.8. The maximum absolute atomic E-state index is 12.8. The van der Waals surface area contributed by atoms with Crippen LogP contribution in [-0.4, -0.2) is 16.7 Å². The first-order valence-corrected chi connectivity index (χ1v) is 11.0. The molecule has 0 unspecified atom stereocenters. The SMILES string of the molecule is O=C(Nc1ccc([N+](=O)[O-])c(NC(=O)[C@@H]2C[C@@H]2c2ccccc2)c1)[C@@H]1C[C@@H]1c1ccccc1. The van der Waals surface area contributed by atoms with Crippen molar-refractivity contribution in [1.29, 1.82) is 0 Å². The highest BCUT2D eigenvalue weighted by Crippen LogP contribution is 2.49. The van der Waals surface area contributed by atoms with Gasteiger partial charge in [0.15, 0.2) is 0 Å². The molecule has 5 rings (SSSR count). The maximum atomic E-state index is 12.8. The molecule has 2 aliphatic rings. The molecule has 3 aromatic rings. The molecule has 0 bridgehead atoms. The molecule has 166 valence electrons. The highest BCUT2D eigenvalue weighted by atomic mass is 16.6. The number of nitrogens with zero attached hydrogens (tertiary/aromatic N) is 1. The van der Waals surface area contributed by atoms with Gasteiger partial charge in [0.2, 0.25) is 11.8 Å². The van der Waals surface area contributed by atoms with Gasteiger partial charge in [-0.05, 0) is 47.9 Å². The van der Waals surface area contributed by atoms with Gasteiger partial charge in [0.05, 0.1) is 4.92 Å². The third-order valence-electron chi connectivity index (χ3n) is 6.43. The lowest BCUT2D eigenvalue weighted by Crippen LogP contribution is -2.17. The second-order valence-corrected chi connectivity index (χ2v) is 8.69. The van der Waals surface area contributed by atoms with Crippen molar-refractivity contribution >= 4 is 28.9 Å². The van der Waals surface area contributed by atoms with E-state index >= 15 is 0 Å². The fourth-order valence-electron chi connectivity index (χ4n) is 4.44. The van der Waals surface area contributed by atoms with Crippen molar-refractivity contribution in [1.82, 2.24) is 0 Å². The quantitative estimate of drug-likeness (QED) is 0.394. The first-order valence-electron chi connectivity index (χ1n) is 11.0. The van der Waals surface area contributed by atoms with E-state index in [4.69, 9.17) is 0 Å². The van der Waals surface area contributed by atoms with Gasteiger partial charge in [0.1, 0.15) is 5.69 Å². The average Bonchev–Trinajstić information content (AvgIpc) is 3.74. The Morgan fingerprint density at radius 2 is 1.27 bits per heavy atom. The summed E-state index contributed by atoms with van der Waals surface area (Å²) in [6.45, 7) is 0. The van der Waals surface area contributed by atoms with Crippen LogP contribution in [0.25, 0.3) is 0 Å². The van der Waals surface area contributed by atoms with Crippen molar-refractivity contribution in [3.05, 3.63) is 100 Å². The zero-order chi connectivity index (χ0) is 22.9. The van der Waals surface area contributed by atoms with Crippen LogP contribution in [0.1, 0.15) is 35.8 Å². The molecule has 2 N–H and O–H groups in total. The summed E-state index contributed by atoms with van der Waals surface area (Å²) < 4.78 is 0. The number of hydrogen-bond donors (Lipinski definition) is 2. The maximum Gasteiger partial charge on any atom is 0.292 e. The molecule has 33 heavy (non-hydrogen) atoms. The number of rotatable bonds is 7. The molecule has 7 heteroatoms. The van der Waals surface area contributed by atoms with Crippen molar-refractivity contribution in [3.8, 4) is 0 Å². The number of carbonyl (C=O) groups is 2. The monoisotopic (exact) mass is 441 g/mol. The van der Waals surface area contributed by atoms with Crippen LogP contribution in [0, 0.1) is 22.0 Å². The van der Waals surface area contributed by atoms with Crippen LogP contribution in [0.15, 0.2) is 78.9 Å². The van der Waals surface area contributed by atoms with E-state index in [1.807, 2.05) is 60.7 Å². The minimum Gasteiger partial charge on any atom is -0.326 e. The van der Waals surface area contributed by atoms with E-state index in [-0.39, 0.29) is 46.9 Å². The van der Waals surface area contributed by atoms with E-state index in [1.54, 1.807) is 0 Å². The molecular formula is C26H23N3O4. The van der Waals surface area contributed by atoms with Crippen LogP contribution in [0.5, 0.6) is 0 Å². The summed E-state index contributed by atoms with van der Waals surface area (Å²) in [7, 11) is 0. The molecule has 0 aliphatic heterocycles. The van der Waals surface area contributed by atoms with E-state index < -0.39 is 4.92 Å². The van der Waals surface area contributed by atoms with E-state index in [2.05, 4.69) is 10.6 Å². The number of benzene rings is 3. The molecule has 4 atom stereocenters. The topological polar surface area (TPSA) is 101 Å². The number of hydrogen-bond acceptors (Lipinski definition) is 4. The highest BCUT2D eigenvalue weighted by Gasteiger charge is 2.45. The van der Waals surface area contributed by atoms with E-state index in [9.17, 15) is 19.7 Å². The van der Waals surface area contributed by atoms with Gasteiger partial charge >= 0.3 is 0 Å². The number of nitrogens with one attached hydrogen (secondary N) is 2. The molecule has 2 saturated carbocycles. The Labute approximate surface area is 191 Å². The molecular weight excluding hydrogens is 418 g/mol. The molecule has 2 amide bonds. The van der Waals surface area contributed by atoms with Gasteiger partial charge in [-0.25, -0.2) is 0 Å². The fraction of sp³-hybridized carbons (Fsp3) is 0.231. The first kappa shape index (κ1) is 20.9. The molecule has 0 saturated heterocycles. The number of nitro groups is 1. The Hall–Kier alpha value is -4.00. The number of nitro benzene ring substituents is 1. The summed E-state index contributed by atoms with van der Waals surface area (Å²) in [6.07, 6.45) is 1.48. The third-order valence-corrected chi connectivity index (χ3v) is 6.43. The van der Waals surface area contributed by atoms with E-state index in [0.717, 1.165) is 17.5 Å². The summed E-state index contributed by atoms with van der Waals surface area (Å²) in [5, 5.41) is 17.1. The van der Waals surface area contributed by atoms with Crippen molar-refractivity contribution in [2.24, 2.45) is 11.8 Å². The van der Waals surface area contributed by atoms with E-state index in [0.29, 0.717) is 12.1 Å².